The van der Waals surface area contributed by atoms with Gasteiger partial charge in [-0.2, -0.15) is 0 Å². The first kappa shape index (κ1) is 17.5. The summed E-state index contributed by atoms with van der Waals surface area (Å²) in [6, 6.07) is 5.65. The minimum absolute atomic E-state index is 0.0460. The zero-order valence-corrected chi connectivity index (χ0v) is 13.6. The molecule has 0 radical (unpaired) electrons. The molecule has 1 aromatic carbocycles. The number of hydrogen-bond donors (Lipinski definition) is 1. The fourth-order valence-electron chi connectivity index (χ4n) is 2.17. The molecule has 0 saturated carbocycles. The summed E-state index contributed by atoms with van der Waals surface area (Å²) in [5, 5.41) is 3.01. The number of amides is 1. The lowest BCUT2D eigenvalue weighted by molar-refractivity contribution is 0.0937. The fourth-order valence-corrected chi connectivity index (χ4v) is 2.17. The van der Waals surface area contributed by atoms with Crippen molar-refractivity contribution >= 4 is 5.91 Å². The number of ether oxygens (including phenoxy) is 2. The Kier molecular flexibility index (Phi) is 7.83. The lowest BCUT2D eigenvalue weighted by Crippen LogP contribution is -2.32. The van der Waals surface area contributed by atoms with Gasteiger partial charge in [-0.25, -0.2) is 0 Å². The first-order valence-corrected chi connectivity index (χ1v) is 7.67. The van der Waals surface area contributed by atoms with Gasteiger partial charge in [-0.05, 0) is 38.0 Å². The van der Waals surface area contributed by atoms with Crippen LogP contribution in [-0.2, 0) is 11.3 Å². The van der Waals surface area contributed by atoms with Gasteiger partial charge in [0.25, 0.3) is 5.91 Å². The quantitative estimate of drug-likeness (QED) is 0.708. The van der Waals surface area contributed by atoms with Gasteiger partial charge < -0.3 is 14.8 Å². The standard InChI is InChI=1S/C17H27NO3/c1-5-7-13(3)18-17(19)14-8-9-16(20-4)15(11-14)12-21-10-6-2/h8-9,11,13H,5-7,10,12H2,1-4H3,(H,18,19)/t13-/m0/s1. The molecule has 0 aromatic heterocycles. The molecule has 4 nitrogen and oxygen atoms in total. The third-order valence-corrected chi connectivity index (χ3v) is 3.25. The normalized spacial score (nSPS) is 12.0. The van der Waals surface area contributed by atoms with Crippen LogP contribution in [0.2, 0.25) is 0 Å². The molecule has 118 valence electrons. The molecule has 0 bridgehead atoms. The molecule has 1 amide bonds. The van der Waals surface area contributed by atoms with Crippen LogP contribution in [0.25, 0.3) is 0 Å². The van der Waals surface area contributed by atoms with Crippen molar-refractivity contribution in [3.8, 4) is 5.75 Å². The van der Waals surface area contributed by atoms with Gasteiger partial charge >= 0.3 is 0 Å². The van der Waals surface area contributed by atoms with E-state index in [1.807, 2.05) is 19.1 Å². The van der Waals surface area contributed by atoms with Crippen LogP contribution in [0, 0.1) is 0 Å². The molecule has 1 N–H and O–H groups in total. The van der Waals surface area contributed by atoms with E-state index in [1.54, 1.807) is 13.2 Å². The van der Waals surface area contributed by atoms with E-state index >= 15 is 0 Å². The van der Waals surface area contributed by atoms with Crippen LogP contribution >= 0.6 is 0 Å². The summed E-state index contributed by atoms with van der Waals surface area (Å²) in [5.74, 6) is 0.708. The van der Waals surface area contributed by atoms with Gasteiger partial charge in [-0.1, -0.05) is 20.3 Å². The molecule has 0 unspecified atom stereocenters. The van der Waals surface area contributed by atoms with Crippen molar-refractivity contribution in [1.29, 1.82) is 0 Å². The Morgan fingerprint density at radius 3 is 2.67 bits per heavy atom. The minimum atomic E-state index is -0.0460. The predicted octanol–water partition coefficient (Wildman–Crippen LogP) is 3.54. The third-order valence-electron chi connectivity index (χ3n) is 3.25. The molecule has 1 rings (SSSR count). The van der Waals surface area contributed by atoms with Crippen LogP contribution in [0.4, 0.5) is 0 Å². The Labute approximate surface area is 127 Å². The van der Waals surface area contributed by atoms with E-state index in [-0.39, 0.29) is 11.9 Å². The largest absolute Gasteiger partial charge is 0.496 e. The number of methoxy groups -OCH3 is 1. The average molecular weight is 293 g/mol. The number of nitrogens with one attached hydrogen (secondary N) is 1. The summed E-state index contributed by atoms with van der Waals surface area (Å²) < 4.78 is 10.9. The van der Waals surface area contributed by atoms with Crippen LogP contribution in [0.5, 0.6) is 5.75 Å². The fraction of sp³-hybridized carbons (Fsp3) is 0.588. The van der Waals surface area contributed by atoms with E-state index in [4.69, 9.17) is 9.47 Å². The first-order chi connectivity index (χ1) is 10.1. The van der Waals surface area contributed by atoms with E-state index in [0.29, 0.717) is 18.8 Å². The zero-order valence-electron chi connectivity index (χ0n) is 13.6. The van der Waals surface area contributed by atoms with Crippen molar-refractivity contribution in [3.05, 3.63) is 29.3 Å². The summed E-state index contributed by atoms with van der Waals surface area (Å²) in [6.45, 7) is 7.36. The molecule has 0 heterocycles. The second-order valence-electron chi connectivity index (χ2n) is 5.24. The summed E-state index contributed by atoms with van der Waals surface area (Å²) in [7, 11) is 1.63. The molecule has 0 aliphatic rings. The molecule has 4 heteroatoms. The van der Waals surface area contributed by atoms with Crippen molar-refractivity contribution in [2.45, 2.75) is 52.7 Å². The lowest BCUT2D eigenvalue weighted by Gasteiger charge is -2.14. The lowest BCUT2D eigenvalue weighted by atomic mass is 10.1. The molecule has 1 atom stereocenters. The smallest absolute Gasteiger partial charge is 0.251 e. The molecular formula is C17H27NO3. The molecule has 1 aromatic rings. The summed E-state index contributed by atoms with van der Waals surface area (Å²) in [5.41, 5.74) is 1.55. The van der Waals surface area contributed by atoms with E-state index in [2.05, 4.69) is 19.2 Å². The maximum absolute atomic E-state index is 12.2. The Hall–Kier alpha value is -1.55. The molecule has 0 aliphatic heterocycles. The van der Waals surface area contributed by atoms with Crippen molar-refractivity contribution in [3.63, 3.8) is 0 Å². The van der Waals surface area contributed by atoms with Gasteiger partial charge in [0.2, 0.25) is 0 Å². The minimum Gasteiger partial charge on any atom is -0.496 e. The molecule has 0 fully saturated rings. The number of carbonyl (C=O) groups excluding carboxylic acids is 1. The highest BCUT2D eigenvalue weighted by molar-refractivity contribution is 5.94. The Balaban J connectivity index is 2.78. The van der Waals surface area contributed by atoms with E-state index in [1.165, 1.54) is 0 Å². The van der Waals surface area contributed by atoms with E-state index < -0.39 is 0 Å². The molecule has 0 spiro atoms. The van der Waals surface area contributed by atoms with Gasteiger partial charge in [0.15, 0.2) is 0 Å². The number of carbonyl (C=O) groups is 1. The van der Waals surface area contributed by atoms with Crippen molar-refractivity contribution in [2.24, 2.45) is 0 Å². The zero-order chi connectivity index (χ0) is 15.7. The van der Waals surface area contributed by atoms with E-state index in [9.17, 15) is 4.79 Å². The van der Waals surface area contributed by atoms with Crippen LogP contribution in [0.15, 0.2) is 18.2 Å². The predicted molar refractivity (Wildman–Crippen MR) is 84.8 cm³/mol. The topological polar surface area (TPSA) is 47.6 Å². The van der Waals surface area contributed by atoms with Gasteiger partial charge in [0.05, 0.1) is 13.7 Å². The van der Waals surface area contributed by atoms with Crippen LogP contribution < -0.4 is 10.1 Å². The third kappa shape index (κ3) is 5.76. The SMILES string of the molecule is CCCOCc1cc(C(=O)N[C@@H](C)CCC)ccc1OC. The highest BCUT2D eigenvalue weighted by atomic mass is 16.5. The maximum atomic E-state index is 12.2. The summed E-state index contributed by atoms with van der Waals surface area (Å²) in [4.78, 5) is 12.2. The average Bonchev–Trinajstić information content (AvgIpc) is 2.47. The second-order valence-corrected chi connectivity index (χ2v) is 5.24. The molecule has 0 saturated heterocycles. The summed E-state index contributed by atoms with van der Waals surface area (Å²) >= 11 is 0. The number of rotatable bonds is 9. The van der Waals surface area contributed by atoms with Gasteiger partial charge in [0, 0.05) is 23.8 Å². The second kappa shape index (κ2) is 9.40. The van der Waals surface area contributed by atoms with Crippen molar-refractivity contribution in [2.75, 3.05) is 13.7 Å². The highest BCUT2D eigenvalue weighted by Gasteiger charge is 2.12. The Morgan fingerprint density at radius 2 is 2.05 bits per heavy atom. The maximum Gasteiger partial charge on any atom is 0.251 e. The number of hydrogen-bond acceptors (Lipinski definition) is 3. The van der Waals surface area contributed by atoms with Gasteiger partial charge in [0.1, 0.15) is 5.75 Å². The van der Waals surface area contributed by atoms with Crippen molar-refractivity contribution < 1.29 is 14.3 Å². The molecule has 21 heavy (non-hydrogen) atoms. The van der Waals surface area contributed by atoms with Gasteiger partial charge in [-0.3, -0.25) is 4.79 Å². The van der Waals surface area contributed by atoms with Crippen LogP contribution in [0.1, 0.15) is 56.0 Å². The van der Waals surface area contributed by atoms with Crippen LogP contribution in [0.3, 0.4) is 0 Å². The Morgan fingerprint density at radius 1 is 1.29 bits per heavy atom. The monoisotopic (exact) mass is 293 g/mol. The molecule has 0 aliphatic carbocycles. The highest BCUT2D eigenvalue weighted by Crippen LogP contribution is 2.21. The van der Waals surface area contributed by atoms with E-state index in [0.717, 1.165) is 30.6 Å². The Bertz CT molecular complexity index is 446. The molecular weight excluding hydrogens is 266 g/mol. The van der Waals surface area contributed by atoms with Gasteiger partial charge in [-0.15, -0.1) is 0 Å². The first-order valence-electron chi connectivity index (χ1n) is 7.67. The number of benzene rings is 1. The summed E-state index contributed by atoms with van der Waals surface area (Å²) in [6.07, 6.45) is 3.01. The van der Waals surface area contributed by atoms with Crippen LogP contribution in [-0.4, -0.2) is 25.7 Å². The van der Waals surface area contributed by atoms with Crippen molar-refractivity contribution in [1.82, 2.24) is 5.32 Å².